The van der Waals surface area contributed by atoms with Gasteiger partial charge in [-0.05, 0) is 6.07 Å². The van der Waals surface area contributed by atoms with E-state index in [4.69, 9.17) is 10.5 Å². The highest BCUT2D eigenvalue weighted by Crippen LogP contribution is 2.08. The van der Waals surface area contributed by atoms with Gasteiger partial charge in [0, 0.05) is 0 Å². The molecule has 0 aromatic carbocycles. The van der Waals surface area contributed by atoms with Gasteiger partial charge in [-0.3, -0.25) is 4.79 Å². The van der Waals surface area contributed by atoms with Gasteiger partial charge in [-0.1, -0.05) is 0 Å². The molecule has 11 heavy (non-hydrogen) atoms. The van der Waals surface area contributed by atoms with Crippen molar-refractivity contribution >= 4 is 5.78 Å². The van der Waals surface area contributed by atoms with E-state index in [1.165, 1.54) is 18.4 Å². The SMILES string of the molecule is N#CC(=O)c1occc1C#N. The molecule has 0 saturated heterocycles. The largest absolute Gasteiger partial charge is 0.459 e. The summed E-state index contributed by atoms with van der Waals surface area (Å²) in [6, 6.07) is 4.42. The molecule has 52 valence electrons. The number of hydrogen-bond acceptors (Lipinski definition) is 4. The number of Topliss-reactive ketones (excluding diaryl/α,β-unsaturated/α-hetero) is 1. The van der Waals surface area contributed by atoms with Gasteiger partial charge in [0.15, 0.2) is 0 Å². The number of hydrogen-bond donors (Lipinski definition) is 0. The second-order valence-electron chi connectivity index (χ2n) is 1.72. The minimum atomic E-state index is -0.827. The zero-order valence-corrected chi connectivity index (χ0v) is 5.37. The molecule has 0 radical (unpaired) electrons. The molecule has 0 aliphatic heterocycles. The maximum absolute atomic E-state index is 10.6. The smallest absolute Gasteiger partial charge is 0.298 e. The molecule has 4 heteroatoms. The molecule has 0 aliphatic carbocycles. The van der Waals surface area contributed by atoms with E-state index >= 15 is 0 Å². The van der Waals surface area contributed by atoms with Crippen LogP contribution in [0.4, 0.5) is 0 Å². The molecule has 1 rings (SSSR count). The average molecular weight is 146 g/mol. The Bertz CT molecular complexity index is 365. The maximum Gasteiger partial charge on any atom is 0.298 e. The predicted molar refractivity (Wildman–Crippen MR) is 33.4 cm³/mol. The van der Waals surface area contributed by atoms with E-state index in [-0.39, 0.29) is 11.3 Å². The van der Waals surface area contributed by atoms with Crippen molar-refractivity contribution in [2.24, 2.45) is 0 Å². The van der Waals surface area contributed by atoms with Crippen LogP contribution >= 0.6 is 0 Å². The van der Waals surface area contributed by atoms with Crippen LogP contribution in [0.3, 0.4) is 0 Å². The summed E-state index contributed by atoms with van der Waals surface area (Å²) in [5.74, 6) is -1.01. The van der Waals surface area contributed by atoms with E-state index < -0.39 is 5.78 Å². The first-order valence-electron chi connectivity index (χ1n) is 2.71. The van der Waals surface area contributed by atoms with E-state index in [0.717, 1.165) is 0 Å². The Morgan fingerprint density at radius 3 is 2.82 bits per heavy atom. The molecule has 0 aliphatic rings. The Balaban J connectivity index is 3.17. The summed E-state index contributed by atoms with van der Waals surface area (Å²) >= 11 is 0. The minimum absolute atomic E-state index is 0.0940. The quantitative estimate of drug-likeness (QED) is 0.434. The van der Waals surface area contributed by atoms with Crippen molar-refractivity contribution < 1.29 is 9.21 Å². The number of furan rings is 1. The lowest BCUT2D eigenvalue weighted by Crippen LogP contribution is -1.93. The first-order valence-corrected chi connectivity index (χ1v) is 2.71. The number of nitriles is 2. The molecule has 1 heterocycles. The van der Waals surface area contributed by atoms with Gasteiger partial charge in [0.05, 0.1) is 6.26 Å². The first-order chi connectivity index (χ1) is 5.29. The Kier molecular flexibility index (Phi) is 1.71. The van der Waals surface area contributed by atoms with Crippen molar-refractivity contribution in [3.8, 4) is 12.1 Å². The number of rotatable bonds is 1. The lowest BCUT2D eigenvalue weighted by Gasteiger charge is -1.82. The van der Waals surface area contributed by atoms with Crippen molar-refractivity contribution in [3.05, 3.63) is 23.7 Å². The molecule has 1 aromatic rings. The normalized spacial score (nSPS) is 8.18. The van der Waals surface area contributed by atoms with Crippen molar-refractivity contribution in [1.29, 1.82) is 10.5 Å². The molecule has 0 fully saturated rings. The van der Waals surface area contributed by atoms with Crippen LogP contribution in [0.2, 0.25) is 0 Å². The number of nitrogens with zero attached hydrogens (tertiary/aromatic N) is 2. The Morgan fingerprint density at radius 2 is 2.27 bits per heavy atom. The standard InChI is InChI=1S/C7H2N2O2/c8-3-5-1-2-11-7(5)6(10)4-9/h1-2H. The molecule has 4 nitrogen and oxygen atoms in total. The molecule has 0 unspecified atom stereocenters. The van der Waals surface area contributed by atoms with E-state index in [1.807, 2.05) is 0 Å². The highest BCUT2D eigenvalue weighted by molar-refractivity contribution is 6.06. The molecule has 0 atom stereocenters. The van der Waals surface area contributed by atoms with Gasteiger partial charge < -0.3 is 4.42 Å². The van der Waals surface area contributed by atoms with E-state index in [9.17, 15) is 4.79 Å². The molecule has 0 N–H and O–H groups in total. The molecule has 1 aromatic heterocycles. The first kappa shape index (κ1) is 7.04. The van der Waals surface area contributed by atoms with Gasteiger partial charge >= 0.3 is 0 Å². The van der Waals surface area contributed by atoms with Crippen LogP contribution in [-0.2, 0) is 0 Å². The highest BCUT2D eigenvalue weighted by Gasteiger charge is 2.13. The van der Waals surface area contributed by atoms with Gasteiger partial charge in [-0.25, -0.2) is 0 Å². The van der Waals surface area contributed by atoms with Gasteiger partial charge in [0.1, 0.15) is 17.7 Å². The molecule has 0 spiro atoms. The third-order valence-electron chi connectivity index (χ3n) is 1.09. The predicted octanol–water partition coefficient (Wildman–Crippen LogP) is 0.858. The van der Waals surface area contributed by atoms with E-state index in [2.05, 4.69) is 4.42 Å². The molecular weight excluding hydrogens is 144 g/mol. The van der Waals surface area contributed by atoms with Crippen LogP contribution in [0.5, 0.6) is 0 Å². The summed E-state index contributed by atoms with van der Waals surface area (Å²) in [5.41, 5.74) is 0.0940. The van der Waals surface area contributed by atoms with Crippen molar-refractivity contribution in [1.82, 2.24) is 0 Å². The Labute approximate surface area is 62.3 Å². The lowest BCUT2D eigenvalue weighted by atomic mass is 10.2. The third-order valence-corrected chi connectivity index (χ3v) is 1.09. The summed E-state index contributed by atoms with van der Waals surface area (Å²) in [5, 5.41) is 16.5. The van der Waals surface area contributed by atoms with E-state index in [0.29, 0.717) is 0 Å². The lowest BCUT2D eigenvalue weighted by molar-refractivity contribution is 0.102. The number of carbonyl (C=O) groups excluding carboxylic acids is 1. The summed E-state index contributed by atoms with van der Waals surface area (Å²) in [7, 11) is 0. The molecule has 0 amide bonds. The molecule has 0 saturated carbocycles. The highest BCUT2D eigenvalue weighted by atomic mass is 16.3. The molecular formula is C7H2N2O2. The van der Waals surface area contributed by atoms with Crippen LogP contribution in [0.25, 0.3) is 0 Å². The molecule has 0 bridgehead atoms. The zero-order valence-electron chi connectivity index (χ0n) is 5.37. The topological polar surface area (TPSA) is 77.8 Å². The van der Waals surface area contributed by atoms with Crippen LogP contribution in [0.1, 0.15) is 16.1 Å². The maximum atomic E-state index is 10.6. The van der Waals surface area contributed by atoms with Crippen LogP contribution in [0.15, 0.2) is 16.7 Å². The van der Waals surface area contributed by atoms with Crippen LogP contribution < -0.4 is 0 Å². The number of ketones is 1. The van der Waals surface area contributed by atoms with Crippen LogP contribution in [0, 0.1) is 22.7 Å². The third kappa shape index (κ3) is 1.10. The van der Waals surface area contributed by atoms with Crippen molar-refractivity contribution in [2.45, 2.75) is 0 Å². The summed E-state index contributed by atoms with van der Waals surface area (Å²) in [4.78, 5) is 10.6. The van der Waals surface area contributed by atoms with Gasteiger partial charge in [0.25, 0.3) is 5.78 Å². The Hall–Kier alpha value is -2.07. The summed E-state index contributed by atoms with van der Waals surface area (Å²) < 4.78 is 4.61. The zero-order chi connectivity index (χ0) is 8.27. The second-order valence-corrected chi connectivity index (χ2v) is 1.72. The summed E-state index contributed by atoms with van der Waals surface area (Å²) in [6.07, 6.45) is 1.20. The van der Waals surface area contributed by atoms with Crippen LogP contribution in [-0.4, -0.2) is 5.78 Å². The average Bonchev–Trinajstić information content (AvgIpc) is 2.50. The second kappa shape index (κ2) is 2.68. The fourth-order valence-electron chi connectivity index (χ4n) is 0.624. The van der Waals surface area contributed by atoms with Gasteiger partial charge in [0.2, 0.25) is 5.76 Å². The van der Waals surface area contributed by atoms with E-state index in [1.54, 1.807) is 6.07 Å². The van der Waals surface area contributed by atoms with Crippen molar-refractivity contribution in [3.63, 3.8) is 0 Å². The number of carbonyl (C=O) groups is 1. The Morgan fingerprint density at radius 1 is 1.55 bits per heavy atom. The minimum Gasteiger partial charge on any atom is -0.459 e. The fourth-order valence-corrected chi connectivity index (χ4v) is 0.624. The van der Waals surface area contributed by atoms with Gasteiger partial charge in [-0.15, -0.1) is 0 Å². The fraction of sp³-hybridized carbons (Fsp3) is 0. The summed E-state index contributed by atoms with van der Waals surface area (Å²) in [6.45, 7) is 0. The van der Waals surface area contributed by atoms with Crippen molar-refractivity contribution in [2.75, 3.05) is 0 Å². The van der Waals surface area contributed by atoms with Gasteiger partial charge in [-0.2, -0.15) is 10.5 Å². The monoisotopic (exact) mass is 146 g/mol.